The number of nitrogens with one attached hydrogen (secondary N) is 3. The molecule has 0 aromatic carbocycles. The number of hydrogen-bond donors (Lipinski definition) is 3. The number of hydrogen-bond acceptors (Lipinski definition) is 4. The molecule has 0 saturated heterocycles. The number of carbonyl (C=O) groups excluding carboxylic acids is 2. The van der Waals surface area contributed by atoms with E-state index in [9.17, 15) is 9.59 Å². The van der Waals surface area contributed by atoms with E-state index in [1.165, 1.54) is 6.33 Å². The first-order valence-electron chi connectivity index (χ1n) is 7.42. The van der Waals surface area contributed by atoms with Crippen molar-refractivity contribution >= 4 is 11.7 Å². The van der Waals surface area contributed by atoms with Crippen molar-refractivity contribution in [2.75, 3.05) is 6.54 Å². The summed E-state index contributed by atoms with van der Waals surface area (Å²) in [6.07, 6.45) is 3.89. The van der Waals surface area contributed by atoms with Crippen molar-refractivity contribution in [3.8, 4) is 0 Å². The van der Waals surface area contributed by atoms with Gasteiger partial charge >= 0.3 is 0 Å². The van der Waals surface area contributed by atoms with E-state index in [1.54, 1.807) is 6.20 Å². The van der Waals surface area contributed by atoms with E-state index < -0.39 is 5.92 Å². The van der Waals surface area contributed by atoms with Crippen LogP contribution in [0.5, 0.6) is 0 Å². The molecule has 0 aliphatic heterocycles. The van der Waals surface area contributed by atoms with Gasteiger partial charge in [0.05, 0.1) is 12.2 Å². The minimum atomic E-state index is -0.632. The van der Waals surface area contributed by atoms with Gasteiger partial charge in [-0.3, -0.25) is 15.0 Å². The lowest BCUT2D eigenvalue weighted by Gasteiger charge is -2.18. The van der Waals surface area contributed by atoms with Crippen molar-refractivity contribution in [2.24, 2.45) is 17.8 Å². The van der Waals surface area contributed by atoms with Gasteiger partial charge in [0.1, 0.15) is 0 Å². The van der Waals surface area contributed by atoms with Crippen LogP contribution >= 0.6 is 0 Å². The lowest BCUT2D eigenvalue weighted by molar-refractivity contribution is -0.135. The van der Waals surface area contributed by atoms with Crippen molar-refractivity contribution in [1.29, 1.82) is 0 Å². The maximum atomic E-state index is 12.3. The topological polar surface area (TPSA) is 86.9 Å². The highest BCUT2D eigenvalue weighted by Crippen LogP contribution is 2.15. The Morgan fingerprint density at radius 3 is 2.48 bits per heavy atom. The second-order valence-electron chi connectivity index (χ2n) is 6.17. The van der Waals surface area contributed by atoms with Crippen LogP contribution < -0.4 is 10.9 Å². The minimum Gasteiger partial charge on any atom is -0.348 e. The Balaban J connectivity index is 2.61. The summed E-state index contributed by atoms with van der Waals surface area (Å²) in [5.41, 5.74) is 6.26. The fourth-order valence-electron chi connectivity index (χ4n) is 1.98. The molecule has 0 aliphatic carbocycles. The molecule has 0 radical (unpaired) electrons. The van der Waals surface area contributed by atoms with E-state index in [0.29, 0.717) is 18.9 Å². The van der Waals surface area contributed by atoms with Crippen LogP contribution in [0.15, 0.2) is 12.5 Å². The summed E-state index contributed by atoms with van der Waals surface area (Å²) < 4.78 is 0. The van der Waals surface area contributed by atoms with Gasteiger partial charge in [-0.1, -0.05) is 27.7 Å². The number of Topliss-reactive ketones (excluding diaryl/α,β-unsaturated/α-hetero) is 1. The van der Waals surface area contributed by atoms with Crippen molar-refractivity contribution in [1.82, 2.24) is 20.8 Å². The van der Waals surface area contributed by atoms with Crippen molar-refractivity contribution < 1.29 is 9.59 Å². The quantitative estimate of drug-likeness (QED) is 0.475. The molecule has 1 aromatic heterocycles. The molecular formula is C15H26N4O2. The minimum absolute atomic E-state index is 0.0863. The average Bonchev–Trinajstić information content (AvgIpc) is 2.87. The van der Waals surface area contributed by atoms with Gasteiger partial charge in [0.2, 0.25) is 5.91 Å². The molecule has 118 valence electrons. The monoisotopic (exact) mass is 294 g/mol. The number of aromatic nitrogens is 2. The lowest BCUT2D eigenvalue weighted by atomic mass is 9.90. The maximum Gasteiger partial charge on any atom is 0.244 e. The number of H-pyrrole nitrogens is 1. The van der Waals surface area contributed by atoms with Crippen LogP contribution in [-0.4, -0.2) is 28.2 Å². The van der Waals surface area contributed by atoms with Crippen LogP contribution in [0.4, 0.5) is 0 Å². The van der Waals surface area contributed by atoms with Crippen LogP contribution in [0.3, 0.4) is 0 Å². The van der Waals surface area contributed by atoms with Gasteiger partial charge in [0.15, 0.2) is 5.78 Å². The molecular weight excluding hydrogens is 268 g/mol. The zero-order valence-electron chi connectivity index (χ0n) is 13.3. The van der Waals surface area contributed by atoms with Gasteiger partial charge in [0, 0.05) is 24.9 Å². The third-order valence-corrected chi connectivity index (χ3v) is 3.05. The van der Waals surface area contributed by atoms with Gasteiger partial charge in [-0.2, -0.15) is 0 Å². The number of imidazole rings is 1. The van der Waals surface area contributed by atoms with Crippen LogP contribution in [-0.2, 0) is 16.0 Å². The smallest absolute Gasteiger partial charge is 0.244 e. The number of ketones is 1. The number of rotatable bonds is 9. The fraction of sp³-hybridized carbons (Fsp3) is 0.667. The molecule has 0 saturated carbocycles. The van der Waals surface area contributed by atoms with Crippen molar-refractivity contribution in [2.45, 2.75) is 40.5 Å². The summed E-state index contributed by atoms with van der Waals surface area (Å²) in [5, 5.41) is 0. The van der Waals surface area contributed by atoms with E-state index >= 15 is 0 Å². The highest BCUT2D eigenvalue weighted by atomic mass is 16.2. The maximum absolute atomic E-state index is 12.3. The summed E-state index contributed by atoms with van der Waals surface area (Å²) in [4.78, 5) is 31.3. The molecule has 1 aromatic rings. The van der Waals surface area contributed by atoms with Gasteiger partial charge in [-0.25, -0.2) is 10.4 Å². The second-order valence-corrected chi connectivity index (χ2v) is 6.17. The van der Waals surface area contributed by atoms with Gasteiger partial charge in [0.25, 0.3) is 0 Å². The van der Waals surface area contributed by atoms with Crippen LogP contribution in [0, 0.1) is 17.8 Å². The van der Waals surface area contributed by atoms with Gasteiger partial charge < -0.3 is 4.98 Å². The van der Waals surface area contributed by atoms with E-state index in [2.05, 4.69) is 20.8 Å². The number of amides is 1. The standard InChI is InChI=1S/C15H26N4O2/c1-10(2)5-13(15(21)19-18-7-11(3)4)14(20)6-12-8-16-9-17-12/h8-11,13,18H,5-7H2,1-4H3,(H,16,17)(H,19,21). The molecule has 0 spiro atoms. The van der Waals surface area contributed by atoms with Crippen molar-refractivity contribution in [3.63, 3.8) is 0 Å². The highest BCUT2D eigenvalue weighted by molar-refractivity contribution is 6.01. The Hall–Kier alpha value is -1.69. The van der Waals surface area contributed by atoms with Crippen LogP contribution in [0.2, 0.25) is 0 Å². The lowest BCUT2D eigenvalue weighted by Crippen LogP contribution is -2.45. The molecule has 6 heteroatoms. The first kappa shape index (κ1) is 17.4. The molecule has 0 bridgehead atoms. The Morgan fingerprint density at radius 2 is 1.95 bits per heavy atom. The molecule has 1 heterocycles. The average molecular weight is 294 g/mol. The summed E-state index contributed by atoms with van der Waals surface area (Å²) in [5.74, 6) is -0.273. The van der Waals surface area contributed by atoms with Crippen LogP contribution in [0.1, 0.15) is 39.8 Å². The fourth-order valence-corrected chi connectivity index (χ4v) is 1.98. The molecule has 0 aliphatic rings. The highest BCUT2D eigenvalue weighted by Gasteiger charge is 2.27. The predicted molar refractivity (Wildman–Crippen MR) is 81.2 cm³/mol. The zero-order valence-corrected chi connectivity index (χ0v) is 13.3. The van der Waals surface area contributed by atoms with Gasteiger partial charge in [-0.15, -0.1) is 0 Å². The Bertz CT molecular complexity index is 441. The molecule has 1 unspecified atom stereocenters. The Morgan fingerprint density at radius 1 is 1.24 bits per heavy atom. The third kappa shape index (κ3) is 6.53. The predicted octanol–water partition coefficient (Wildman–Crippen LogP) is 1.46. The number of hydrazine groups is 1. The van der Waals surface area contributed by atoms with Crippen molar-refractivity contribution in [3.05, 3.63) is 18.2 Å². The van der Waals surface area contributed by atoms with E-state index in [-0.39, 0.29) is 24.0 Å². The summed E-state index contributed by atoms with van der Waals surface area (Å²) in [7, 11) is 0. The molecule has 1 rings (SSSR count). The van der Waals surface area contributed by atoms with Crippen LogP contribution in [0.25, 0.3) is 0 Å². The van der Waals surface area contributed by atoms with E-state index in [1.807, 2.05) is 27.7 Å². The normalized spacial score (nSPS) is 12.7. The Kier molecular flexibility index (Phi) is 7.08. The molecule has 1 atom stereocenters. The number of aromatic amines is 1. The first-order valence-corrected chi connectivity index (χ1v) is 7.42. The molecule has 1 amide bonds. The molecule has 0 fully saturated rings. The van der Waals surface area contributed by atoms with E-state index in [0.717, 1.165) is 5.69 Å². The summed E-state index contributed by atoms with van der Waals surface area (Å²) >= 11 is 0. The van der Waals surface area contributed by atoms with Gasteiger partial charge in [-0.05, 0) is 18.3 Å². The zero-order chi connectivity index (χ0) is 15.8. The third-order valence-electron chi connectivity index (χ3n) is 3.05. The summed E-state index contributed by atoms with van der Waals surface area (Å²) in [6.45, 7) is 8.79. The summed E-state index contributed by atoms with van der Waals surface area (Å²) in [6, 6.07) is 0. The molecule has 6 nitrogen and oxygen atoms in total. The largest absolute Gasteiger partial charge is 0.348 e. The second kappa shape index (κ2) is 8.56. The number of nitrogens with zero attached hydrogens (tertiary/aromatic N) is 1. The SMILES string of the molecule is CC(C)CNNC(=O)C(CC(C)C)C(=O)Cc1cnc[nH]1. The first-order chi connectivity index (χ1) is 9.90. The molecule has 21 heavy (non-hydrogen) atoms. The molecule has 3 N–H and O–H groups in total. The van der Waals surface area contributed by atoms with E-state index in [4.69, 9.17) is 0 Å². The number of carbonyl (C=O) groups is 2. The Labute approximate surface area is 126 Å².